The van der Waals surface area contributed by atoms with Crippen molar-refractivity contribution >= 4 is 17.4 Å². The molecule has 3 rings (SSSR count). The Balaban J connectivity index is 1.93. The number of rotatable bonds is 5. The van der Waals surface area contributed by atoms with Crippen molar-refractivity contribution in [3.8, 4) is 0 Å². The van der Waals surface area contributed by atoms with E-state index in [1.165, 1.54) is 0 Å². The summed E-state index contributed by atoms with van der Waals surface area (Å²) in [5, 5.41) is 4.36. The van der Waals surface area contributed by atoms with E-state index >= 15 is 0 Å². The summed E-state index contributed by atoms with van der Waals surface area (Å²) in [5.41, 5.74) is 8.45. The number of fused-ring (bicyclic) bond motifs is 1. The summed E-state index contributed by atoms with van der Waals surface area (Å²) in [6, 6.07) is 4.00. The van der Waals surface area contributed by atoms with Crippen molar-refractivity contribution in [1.29, 1.82) is 0 Å². The van der Waals surface area contributed by atoms with Gasteiger partial charge in [-0.2, -0.15) is 9.61 Å². The zero-order valence-corrected chi connectivity index (χ0v) is 12.8. The van der Waals surface area contributed by atoms with E-state index in [1.807, 2.05) is 17.6 Å². The second kappa shape index (κ2) is 5.97. The first-order chi connectivity index (χ1) is 10.7. The summed E-state index contributed by atoms with van der Waals surface area (Å²) in [6.45, 7) is 2.82. The van der Waals surface area contributed by atoms with Crippen LogP contribution in [0.25, 0.3) is 5.65 Å². The molecule has 0 aliphatic carbocycles. The molecule has 0 fully saturated rings. The van der Waals surface area contributed by atoms with Gasteiger partial charge in [0, 0.05) is 49.4 Å². The first-order valence-corrected chi connectivity index (χ1v) is 7.28. The van der Waals surface area contributed by atoms with Gasteiger partial charge in [0.05, 0.1) is 6.20 Å². The standard InChI is InChI=1S/C15H19N7/c1-3-4-12-7-14(22-13(20-12)5-6-19-22)21(2)10-11-8-17-15(16)18-9-11/h5-9H,3-4,10H2,1-2H3,(H2,16,17,18). The fourth-order valence-corrected chi connectivity index (χ4v) is 2.40. The van der Waals surface area contributed by atoms with Crippen molar-refractivity contribution in [2.45, 2.75) is 26.3 Å². The Morgan fingerprint density at radius 3 is 2.77 bits per heavy atom. The molecule has 7 nitrogen and oxygen atoms in total. The number of aryl methyl sites for hydroxylation is 1. The third-order valence-electron chi connectivity index (χ3n) is 3.44. The quantitative estimate of drug-likeness (QED) is 0.771. The highest BCUT2D eigenvalue weighted by Crippen LogP contribution is 2.18. The van der Waals surface area contributed by atoms with Gasteiger partial charge >= 0.3 is 0 Å². The van der Waals surface area contributed by atoms with Crippen molar-refractivity contribution in [2.75, 3.05) is 17.7 Å². The number of hydrogen-bond donors (Lipinski definition) is 1. The minimum Gasteiger partial charge on any atom is -0.368 e. The molecule has 0 aliphatic heterocycles. The van der Waals surface area contributed by atoms with E-state index in [0.29, 0.717) is 6.54 Å². The predicted octanol–water partition coefficient (Wildman–Crippen LogP) is 1.69. The Labute approximate surface area is 128 Å². The minimum absolute atomic E-state index is 0.287. The second-order valence-corrected chi connectivity index (χ2v) is 5.26. The Kier molecular flexibility index (Phi) is 3.86. The maximum absolute atomic E-state index is 5.52. The summed E-state index contributed by atoms with van der Waals surface area (Å²) < 4.78 is 1.84. The number of aromatic nitrogens is 5. The van der Waals surface area contributed by atoms with E-state index in [-0.39, 0.29) is 5.95 Å². The molecule has 0 saturated heterocycles. The van der Waals surface area contributed by atoms with Crippen LogP contribution >= 0.6 is 0 Å². The van der Waals surface area contributed by atoms with Gasteiger partial charge in [-0.05, 0) is 6.42 Å². The monoisotopic (exact) mass is 297 g/mol. The van der Waals surface area contributed by atoms with Gasteiger partial charge in [-0.3, -0.25) is 0 Å². The van der Waals surface area contributed by atoms with E-state index < -0.39 is 0 Å². The smallest absolute Gasteiger partial charge is 0.219 e. The topological polar surface area (TPSA) is 85.2 Å². The van der Waals surface area contributed by atoms with E-state index in [9.17, 15) is 0 Å². The summed E-state index contributed by atoms with van der Waals surface area (Å²) in [4.78, 5) is 14.8. The fraction of sp³-hybridized carbons (Fsp3) is 0.333. The van der Waals surface area contributed by atoms with Crippen molar-refractivity contribution in [2.24, 2.45) is 0 Å². The molecule has 22 heavy (non-hydrogen) atoms. The average Bonchev–Trinajstić information content (AvgIpc) is 2.97. The third kappa shape index (κ3) is 2.83. The number of anilines is 2. The highest BCUT2D eigenvalue weighted by Gasteiger charge is 2.11. The third-order valence-corrected chi connectivity index (χ3v) is 3.44. The molecule has 3 aromatic rings. The molecule has 0 aliphatic rings. The van der Waals surface area contributed by atoms with Crippen LogP contribution < -0.4 is 10.6 Å². The van der Waals surface area contributed by atoms with Crippen molar-refractivity contribution in [3.63, 3.8) is 0 Å². The summed E-state index contributed by atoms with van der Waals surface area (Å²) in [5.74, 6) is 1.28. The van der Waals surface area contributed by atoms with Crippen LogP contribution in [0.1, 0.15) is 24.6 Å². The molecule has 3 heterocycles. The lowest BCUT2D eigenvalue weighted by atomic mass is 10.2. The lowest BCUT2D eigenvalue weighted by Crippen LogP contribution is -2.20. The molecule has 0 atom stereocenters. The van der Waals surface area contributed by atoms with Gasteiger partial charge in [0.1, 0.15) is 5.82 Å². The molecule has 3 aromatic heterocycles. The zero-order chi connectivity index (χ0) is 15.5. The summed E-state index contributed by atoms with van der Waals surface area (Å²) in [7, 11) is 2.02. The van der Waals surface area contributed by atoms with Gasteiger partial charge in [0.15, 0.2) is 5.65 Å². The molecule has 0 bridgehead atoms. The Morgan fingerprint density at radius 2 is 2.05 bits per heavy atom. The van der Waals surface area contributed by atoms with Gasteiger partial charge in [-0.1, -0.05) is 13.3 Å². The van der Waals surface area contributed by atoms with Gasteiger partial charge < -0.3 is 10.6 Å². The largest absolute Gasteiger partial charge is 0.368 e. The molecule has 114 valence electrons. The SMILES string of the molecule is CCCc1cc(N(C)Cc2cnc(N)nc2)n2nccc2n1. The van der Waals surface area contributed by atoms with Crippen molar-refractivity contribution in [1.82, 2.24) is 24.6 Å². The first kappa shape index (κ1) is 14.2. The Hall–Kier alpha value is -2.70. The van der Waals surface area contributed by atoms with Crippen LogP contribution in [0, 0.1) is 0 Å². The number of hydrogen-bond acceptors (Lipinski definition) is 6. The van der Waals surface area contributed by atoms with Crippen LogP contribution in [0.4, 0.5) is 11.8 Å². The maximum Gasteiger partial charge on any atom is 0.219 e. The van der Waals surface area contributed by atoms with Gasteiger partial charge in [0.2, 0.25) is 5.95 Å². The highest BCUT2D eigenvalue weighted by molar-refractivity contribution is 5.50. The van der Waals surface area contributed by atoms with E-state index in [1.54, 1.807) is 18.6 Å². The average molecular weight is 297 g/mol. The molecule has 0 amide bonds. The summed E-state index contributed by atoms with van der Waals surface area (Å²) >= 11 is 0. The maximum atomic E-state index is 5.52. The Bertz CT molecular complexity index is 763. The normalized spacial score (nSPS) is 11.0. The molecule has 0 unspecified atom stereocenters. The van der Waals surface area contributed by atoms with Crippen LogP contribution in [0.3, 0.4) is 0 Å². The van der Waals surface area contributed by atoms with Gasteiger partial charge in [-0.15, -0.1) is 0 Å². The van der Waals surface area contributed by atoms with Crippen LogP contribution in [0.15, 0.2) is 30.7 Å². The van der Waals surface area contributed by atoms with Crippen molar-refractivity contribution < 1.29 is 0 Å². The highest BCUT2D eigenvalue weighted by atomic mass is 15.3. The lowest BCUT2D eigenvalue weighted by molar-refractivity contribution is 0.806. The molecule has 0 spiro atoms. The minimum atomic E-state index is 0.287. The van der Waals surface area contributed by atoms with E-state index in [2.05, 4.69) is 37.9 Å². The van der Waals surface area contributed by atoms with Crippen LogP contribution in [0.2, 0.25) is 0 Å². The molecular weight excluding hydrogens is 278 g/mol. The van der Waals surface area contributed by atoms with Gasteiger partial charge in [-0.25, -0.2) is 15.0 Å². The molecule has 2 N–H and O–H groups in total. The van der Waals surface area contributed by atoms with Crippen LogP contribution in [-0.4, -0.2) is 31.6 Å². The van der Waals surface area contributed by atoms with Gasteiger partial charge in [0.25, 0.3) is 0 Å². The first-order valence-electron chi connectivity index (χ1n) is 7.28. The van der Waals surface area contributed by atoms with Crippen LogP contribution in [-0.2, 0) is 13.0 Å². The predicted molar refractivity (Wildman–Crippen MR) is 85.5 cm³/mol. The van der Waals surface area contributed by atoms with E-state index in [0.717, 1.165) is 35.6 Å². The fourth-order valence-electron chi connectivity index (χ4n) is 2.40. The molecule has 0 saturated carbocycles. The van der Waals surface area contributed by atoms with E-state index in [4.69, 9.17) is 5.73 Å². The molecule has 0 radical (unpaired) electrons. The second-order valence-electron chi connectivity index (χ2n) is 5.26. The number of nitrogen functional groups attached to an aromatic ring is 1. The molecule has 7 heteroatoms. The van der Waals surface area contributed by atoms with Crippen molar-refractivity contribution in [3.05, 3.63) is 42.0 Å². The summed E-state index contributed by atoms with van der Waals surface area (Å²) in [6.07, 6.45) is 7.27. The lowest BCUT2D eigenvalue weighted by Gasteiger charge is -2.20. The Morgan fingerprint density at radius 1 is 1.27 bits per heavy atom. The zero-order valence-electron chi connectivity index (χ0n) is 12.8. The van der Waals surface area contributed by atoms with Crippen LogP contribution in [0.5, 0.6) is 0 Å². The number of nitrogens with two attached hydrogens (primary N) is 1. The number of nitrogens with zero attached hydrogens (tertiary/aromatic N) is 6. The molecular formula is C15H19N7. The molecule has 0 aromatic carbocycles.